The first-order valence-corrected chi connectivity index (χ1v) is 5.80. The molecule has 0 bridgehead atoms. The van der Waals surface area contributed by atoms with Gasteiger partial charge in [-0.05, 0) is 18.9 Å². The number of nitrogens with zero attached hydrogens (tertiary/aromatic N) is 4. The monoisotopic (exact) mass is 230 g/mol. The molecule has 1 aliphatic carbocycles. The number of fused-ring (bicyclic) bond motifs is 1. The second kappa shape index (κ2) is 3.84. The molecule has 0 N–H and O–H groups in total. The molecule has 2 aromatic heterocycles. The van der Waals surface area contributed by atoms with Crippen LogP contribution in [0.2, 0.25) is 0 Å². The lowest BCUT2D eigenvalue weighted by atomic mass is 9.97. The van der Waals surface area contributed by atoms with E-state index in [0.29, 0.717) is 13.0 Å². The number of rotatable bonds is 2. The van der Waals surface area contributed by atoms with Crippen LogP contribution in [0.5, 0.6) is 0 Å². The van der Waals surface area contributed by atoms with E-state index in [1.165, 1.54) is 0 Å². The Balaban J connectivity index is 1.95. The third-order valence-corrected chi connectivity index (χ3v) is 3.31. The molecule has 0 amide bonds. The van der Waals surface area contributed by atoms with Crippen molar-refractivity contribution < 1.29 is 4.79 Å². The summed E-state index contributed by atoms with van der Waals surface area (Å²) in [5, 5.41) is 7.93. The lowest BCUT2D eigenvalue weighted by Gasteiger charge is -2.14. The third-order valence-electron chi connectivity index (χ3n) is 3.31. The van der Waals surface area contributed by atoms with Gasteiger partial charge in [-0.2, -0.15) is 0 Å². The summed E-state index contributed by atoms with van der Waals surface area (Å²) < 4.78 is 4.01. The van der Waals surface area contributed by atoms with Crippen LogP contribution in [0.1, 0.15) is 34.7 Å². The Morgan fingerprint density at radius 1 is 1.41 bits per heavy atom. The van der Waals surface area contributed by atoms with E-state index < -0.39 is 0 Å². The minimum atomic E-state index is 0.267. The van der Waals surface area contributed by atoms with E-state index in [0.717, 1.165) is 29.9 Å². The Labute approximate surface area is 99.1 Å². The van der Waals surface area contributed by atoms with Gasteiger partial charge in [0.2, 0.25) is 0 Å². The molecule has 0 saturated carbocycles. The fraction of sp³-hybridized carbons (Fsp3) is 0.417. The van der Waals surface area contributed by atoms with Crippen molar-refractivity contribution in [3.8, 4) is 0 Å². The molecule has 0 saturated heterocycles. The van der Waals surface area contributed by atoms with E-state index in [1.54, 1.807) is 6.33 Å². The molecule has 5 heteroatoms. The highest BCUT2D eigenvalue weighted by molar-refractivity contribution is 5.98. The predicted molar refractivity (Wildman–Crippen MR) is 61.8 cm³/mol. The van der Waals surface area contributed by atoms with Crippen LogP contribution in [0.4, 0.5) is 0 Å². The number of Topliss-reactive ketones (excluding diaryl/α,β-unsaturated/α-hetero) is 1. The summed E-state index contributed by atoms with van der Waals surface area (Å²) in [7, 11) is 1.93. The summed E-state index contributed by atoms with van der Waals surface area (Å²) in [6.45, 7) is 0.680. The topological polar surface area (TPSA) is 52.7 Å². The Morgan fingerprint density at radius 3 is 3.06 bits per heavy atom. The molecular weight excluding hydrogens is 216 g/mol. The van der Waals surface area contributed by atoms with Crippen LogP contribution >= 0.6 is 0 Å². The molecule has 1 aliphatic rings. The summed E-state index contributed by atoms with van der Waals surface area (Å²) in [4.78, 5) is 11.7. The molecule has 0 fully saturated rings. The Morgan fingerprint density at radius 2 is 2.29 bits per heavy atom. The van der Waals surface area contributed by atoms with Crippen molar-refractivity contribution in [2.75, 3.05) is 0 Å². The van der Waals surface area contributed by atoms with Crippen LogP contribution in [-0.4, -0.2) is 25.1 Å². The fourth-order valence-corrected chi connectivity index (χ4v) is 2.34. The van der Waals surface area contributed by atoms with E-state index in [9.17, 15) is 4.79 Å². The maximum absolute atomic E-state index is 11.7. The van der Waals surface area contributed by atoms with Gasteiger partial charge in [0, 0.05) is 30.9 Å². The molecule has 2 heterocycles. The summed E-state index contributed by atoms with van der Waals surface area (Å²) in [5.41, 5.74) is 2.03. The van der Waals surface area contributed by atoms with E-state index in [2.05, 4.69) is 14.8 Å². The number of carbonyl (C=O) groups excluding carboxylic acids is 1. The molecule has 0 atom stereocenters. The number of carbonyl (C=O) groups is 1. The van der Waals surface area contributed by atoms with E-state index >= 15 is 0 Å². The molecule has 2 aromatic rings. The number of hydrogen-bond acceptors (Lipinski definition) is 3. The van der Waals surface area contributed by atoms with Crippen molar-refractivity contribution >= 4 is 5.78 Å². The molecule has 88 valence electrons. The van der Waals surface area contributed by atoms with Crippen LogP contribution in [0.15, 0.2) is 18.6 Å². The maximum atomic E-state index is 11.7. The van der Waals surface area contributed by atoms with Crippen molar-refractivity contribution in [1.82, 2.24) is 19.3 Å². The molecule has 3 rings (SSSR count). The smallest absolute Gasteiger partial charge is 0.164 e. The zero-order valence-corrected chi connectivity index (χ0v) is 9.76. The Kier molecular flexibility index (Phi) is 2.31. The minimum Gasteiger partial charge on any atom is -0.343 e. The SMILES string of the molecule is Cn1cnnc1Cn1ccc2c1CCCC2=O. The summed E-state index contributed by atoms with van der Waals surface area (Å²) in [6, 6.07) is 1.92. The number of aryl methyl sites for hydroxylation is 1. The van der Waals surface area contributed by atoms with Gasteiger partial charge in [-0.15, -0.1) is 10.2 Å². The van der Waals surface area contributed by atoms with Gasteiger partial charge in [-0.25, -0.2) is 0 Å². The summed E-state index contributed by atoms with van der Waals surface area (Å²) >= 11 is 0. The molecule has 0 aromatic carbocycles. The number of ketones is 1. The lowest BCUT2D eigenvalue weighted by Crippen LogP contribution is -2.14. The highest BCUT2D eigenvalue weighted by atomic mass is 16.1. The molecule has 17 heavy (non-hydrogen) atoms. The first-order valence-electron chi connectivity index (χ1n) is 5.80. The van der Waals surface area contributed by atoms with Crippen molar-refractivity contribution in [3.63, 3.8) is 0 Å². The van der Waals surface area contributed by atoms with Crippen molar-refractivity contribution in [2.45, 2.75) is 25.8 Å². The Bertz CT molecular complexity index is 567. The van der Waals surface area contributed by atoms with Crippen molar-refractivity contribution in [2.24, 2.45) is 7.05 Å². The molecule has 0 radical (unpaired) electrons. The van der Waals surface area contributed by atoms with E-state index in [-0.39, 0.29) is 5.78 Å². The molecule has 5 nitrogen and oxygen atoms in total. The quantitative estimate of drug-likeness (QED) is 0.778. The lowest BCUT2D eigenvalue weighted by molar-refractivity contribution is 0.0972. The first-order chi connectivity index (χ1) is 8.25. The van der Waals surface area contributed by atoms with Crippen LogP contribution in [0.3, 0.4) is 0 Å². The molecule has 0 aliphatic heterocycles. The minimum absolute atomic E-state index is 0.267. The van der Waals surface area contributed by atoms with Crippen LogP contribution < -0.4 is 0 Å². The predicted octanol–water partition coefficient (Wildman–Crippen LogP) is 1.18. The number of aromatic nitrogens is 4. The van der Waals surface area contributed by atoms with E-state index in [4.69, 9.17) is 0 Å². The summed E-state index contributed by atoms with van der Waals surface area (Å²) in [6.07, 6.45) is 6.28. The second-order valence-corrected chi connectivity index (χ2v) is 4.44. The zero-order chi connectivity index (χ0) is 11.8. The van der Waals surface area contributed by atoms with E-state index in [1.807, 2.05) is 23.9 Å². The van der Waals surface area contributed by atoms with Gasteiger partial charge in [-0.1, -0.05) is 0 Å². The van der Waals surface area contributed by atoms with Crippen LogP contribution in [0.25, 0.3) is 0 Å². The van der Waals surface area contributed by atoms with Crippen molar-refractivity contribution in [3.05, 3.63) is 35.7 Å². The standard InChI is InChI=1S/C12H14N4O/c1-15-8-13-14-12(15)7-16-6-5-9-10(16)3-2-4-11(9)17/h5-6,8H,2-4,7H2,1H3. The maximum Gasteiger partial charge on any atom is 0.164 e. The fourth-order valence-electron chi connectivity index (χ4n) is 2.34. The van der Waals surface area contributed by atoms with Gasteiger partial charge in [0.25, 0.3) is 0 Å². The third kappa shape index (κ3) is 1.67. The second-order valence-electron chi connectivity index (χ2n) is 4.44. The molecular formula is C12H14N4O. The average molecular weight is 230 g/mol. The largest absolute Gasteiger partial charge is 0.343 e. The van der Waals surface area contributed by atoms with Gasteiger partial charge in [0.1, 0.15) is 6.33 Å². The van der Waals surface area contributed by atoms with Crippen LogP contribution in [-0.2, 0) is 20.0 Å². The normalized spacial score (nSPS) is 15.0. The van der Waals surface area contributed by atoms with Gasteiger partial charge in [0.15, 0.2) is 11.6 Å². The van der Waals surface area contributed by atoms with Crippen LogP contribution in [0, 0.1) is 0 Å². The van der Waals surface area contributed by atoms with Gasteiger partial charge < -0.3 is 9.13 Å². The zero-order valence-electron chi connectivity index (χ0n) is 9.76. The van der Waals surface area contributed by atoms with Gasteiger partial charge >= 0.3 is 0 Å². The summed E-state index contributed by atoms with van der Waals surface area (Å²) in [5.74, 6) is 1.17. The molecule has 0 unspecified atom stereocenters. The highest BCUT2D eigenvalue weighted by Gasteiger charge is 2.20. The Hall–Kier alpha value is -1.91. The van der Waals surface area contributed by atoms with Crippen molar-refractivity contribution in [1.29, 1.82) is 0 Å². The highest BCUT2D eigenvalue weighted by Crippen LogP contribution is 2.22. The number of hydrogen-bond donors (Lipinski definition) is 0. The average Bonchev–Trinajstić information content (AvgIpc) is 2.89. The van der Waals surface area contributed by atoms with Gasteiger partial charge in [0.05, 0.1) is 6.54 Å². The molecule has 0 spiro atoms. The van der Waals surface area contributed by atoms with Gasteiger partial charge in [-0.3, -0.25) is 4.79 Å². The first kappa shape index (κ1) is 10.3.